The van der Waals surface area contributed by atoms with E-state index in [9.17, 15) is 8.42 Å². The van der Waals surface area contributed by atoms with Crippen molar-refractivity contribution in [2.45, 2.75) is 30.3 Å². The quantitative estimate of drug-likeness (QED) is 0.808. The second-order valence-corrected chi connectivity index (χ2v) is 6.16. The SMILES string of the molecule is O=S(=O)(CC[C@@H]1CCCO1)c1ccccc1. The van der Waals surface area contributed by atoms with Gasteiger partial charge in [0, 0.05) is 6.61 Å². The van der Waals surface area contributed by atoms with E-state index in [2.05, 4.69) is 0 Å². The van der Waals surface area contributed by atoms with Crippen LogP contribution >= 0.6 is 0 Å². The Balaban J connectivity index is 1.98. The molecule has 1 saturated heterocycles. The first-order valence-corrected chi connectivity index (χ1v) is 7.23. The van der Waals surface area contributed by atoms with Gasteiger partial charge in [-0.1, -0.05) is 18.2 Å². The molecule has 4 heteroatoms. The van der Waals surface area contributed by atoms with Crippen LogP contribution in [-0.2, 0) is 14.6 Å². The summed E-state index contributed by atoms with van der Waals surface area (Å²) in [6.07, 6.45) is 2.79. The average Bonchev–Trinajstić information content (AvgIpc) is 2.81. The summed E-state index contributed by atoms with van der Waals surface area (Å²) in [6, 6.07) is 8.60. The van der Waals surface area contributed by atoms with Crippen LogP contribution in [0.3, 0.4) is 0 Å². The molecule has 1 fully saturated rings. The Morgan fingerprint density at radius 1 is 1.25 bits per heavy atom. The lowest BCUT2D eigenvalue weighted by molar-refractivity contribution is 0.109. The normalized spacial score (nSPS) is 21.1. The molecule has 1 aromatic rings. The first-order chi connectivity index (χ1) is 7.68. The van der Waals surface area contributed by atoms with E-state index in [0.29, 0.717) is 11.3 Å². The van der Waals surface area contributed by atoms with Crippen molar-refractivity contribution in [2.75, 3.05) is 12.4 Å². The molecule has 0 aromatic heterocycles. The monoisotopic (exact) mass is 240 g/mol. The number of sulfone groups is 1. The van der Waals surface area contributed by atoms with E-state index in [1.165, 1.54) is 0 Å². The van der Waals surface area contributed by atoms with Gasteiger partial charge in [-0.15, -0.1) is 0 Å². The van der Waals surface area contributed by atoms with Gasteiger partial charge < -0.3 is 4.74 Å². The van der Waals surface area contributed by atoms with Gasteiger partial charge in [0.05, 0.1) is 16.8 Å². The van der Waals surface area contributed by atoms with Crippen LogP contribution in [0.5, 0.6) is 0 Å². The molecular formula is C12H16O3S. The van der Waals surface area contributed by atoms with Gasteiger partial charge in [-0.25, -0.2) is 8.42 Å². The van der Waals surface area contributed by atoms with Gasteiger partial charge in [0.1, 0.15) is 0 Å². The lowest BCUT2D eigenvalue weighted by Crippen LogP contribution is -2.14. The maximum Gasteiger partial charge on any atom is 0.178 e. The van der Waals surface area contributed by atoms with Gasteiger partial charge in [0.15, 0.2) is 9.84 Å². The molecule has 2 rings (SSSR count). The van der Waals surface area contributed by atoms with E-state index < -0.39 is 9.84 Å². The number of hydrogen-bond acceptors (Lipinski definition) is 3. The van der Waals surface area contributed by atoms with E-state index in [1.54, 1.807) is 24.3 Å². The van der Waals surface area contributed by atoms with Gasteiger partial charge in [-0.3, -0.25) is 0 Å². The molecule has 0 amide bonds. The minimum absolute atomic E-state index is 0.137. The van der Waals surface area contributed by atoms with Crippen molar-refractivity contribution in [2.24, 2.45) is 0 Å². The molecule has 1 atom stereocenters. The van der Waals surface area contributed by atoms with Crippen LogP contribution in [-0.4, -0.2) is 26.9 Å². The first-order valence-electron chi connectivity index (χ1n) is 5.58. The fourth-order valence-corrected chi connectivity index (χ4v) is 3.28. The summed E-state index contributed by atoms with van der Waals surface area (Å²) in [5, 5.41) is 0. The number of rotatable bonds is 4. The van der Waals surface area contributed by atoms with E-state index in [4.69, 9.17) is 4.74 Å². The molecule has 88 valence electrons. The molecule has 3 nitrogen and oxygen atoms in total. The Morgan fingerprint density at radius 3 is 2.62 bits per heavy atom. The van der Waals surface area contributed by atoms with Gasteiger partial charge in [-0.2, -0.15) is 0 Å². The summed E-state index contributed by atoms with van der Waals surface area (Å²) in [5.74, 6) is 0.182. The highest BCUT2D eigenvalue weighted by Crippen LogP contribution is 2.18. The van der Waals surface area contributed by atoms with Crippen LogP contribution in [0.25, 0.3) is 0 Å². The van der Waals surface area contributed by atoms with E-state index in [-0.39, 0.29) is 11.9 Å². The molecular weight excluding hydrogens is 224 g/mol. The zero-order chi connectivity index (χ0) is 11.4. The predicted octanol–water partition coefficient (Wildman–Crippen LogP) is 2.03. The molecule has 1 heterocycles. The van der Waals surface area contributed by atoms with Crippen molar-refractivity contribution in [3.8, 4) is 0 Å². The molecule has 0 unspecified atom stereocenters. The molecule has 16 heavy (non-hydrogen) atoms. The van der Waals surface area contributed by atoms with Crippen LogP contribution in [0.1, 0.15) is 19.3 Å². The molecule has 1 aliphatic heterocycles. The van der Waals surface area contributed by atoms with Crippen LogP contribution in [0.4, 0.5) is 0 Å². The highest BCUT2D eigenvalue weighted by molar-refractivity contribution is 7.91. The summed E-state index contributed by atoms with van der Waals surface area (Å²) in [7, 11) is -3.13. The van der Waals surface area contributed by atoms with Crippen LogP contribution < -0.4 is 0 Å². The van der Waals surface area contributed by atoms with Crippen molar-refractivity contribution in [3.05, 3.63) is 30.3 Å². The molecule has 0 aliphatic carbocycles. The smallest absolute Gasteiger partial charge is 0.178 e. The maximum absolute atomic E-state index is 11.9. The highest BCUT2D eigenvalue weighted by Gasteiger charge is 2.20. The van der Waals surface area contributed by atoms with Crippen molar-refractivity contribution < 1.29 is 13.2 Å². The molecule has 0 N–H and O–H groups in total. The van der Waals surface area contributed by atoms with Crippen molar-refractivity contribution in [1.82, 2.24) is 0 Å². The van der Waals surface area contributed by atoms with Crippen molar-refractivity contribution >= 4 is 9.84 Å². The molecule has 1 aromatic carbocycles. The Bertz CT molecular complexity index is 419. The maximum atomic E-state index is 11.9. The Labute approximate surface area is 96.4 Å². The Kier molecular flexibility index (Phi) is 3.61. The van der Waals surface area contributed by atoms with E-state index in [1.807, 2.05) is 6.07 Å². The minimum Gasteiger partial charge on any atom is -0.378 e. The predicted molar refractivity (Wildman–Crippen MR) is 62.1 cm³/mol. The summed E-state index contributed by atoms with van der Waals surface area (Å²) in [4.78, 5) is 0.410. The number of benzene rings is 1. The average molecular weight is 240 g/mol. The molecule has 0 radical (unpaired) electrons. The molecule has 0 saturated carbocycles. The van der Waals surface area contributed by atoms with Gasteiger partial charge in [0.2, 0.25) is 0 Å². The van der Waals surface area contributed by atoms with Crippen molar-refractivity contribution in [3.63, 3.8) is 0 Å². The standard InChI is InChI=1S/C12H16O3S/c13-16(14,12-6-2-1-3-7-12)10-8-11-5-4-9-15-11/h1-3,6-7,11H,4-5,8-10H2/t11-/m0/s1. The second kappa shape index (κ2) is 4.97. The minimum atomic E-state index is -3.13. The molecule has 0 spiro atoms. The number of hydrogen-bond donors (Lipinski definition) is 0. The fraction of sp³-hybridized carbons (Fsp3) is 0.500. The third kappa shape index (κ3) is 2.83. The topological polar surface area (TPSA) is 43.4 Å². The third-order valence-corrected chi connectivity index (χ3v) is 4.60. The van der Waals surface area contributed by atoms with E-state index >= 15 is 0 Å². The number of ether oxygens (including phenoxy) is 1. The highest BCUT2D eigenvalue weighted by atomic mass is 32.2. The summed E-state index contributed by atoms with van der Waals surface area (Å²) in [6.45, 7) is 0.774. The third-order valence-electron chi connectivity index (χ3n) is 2.83. The fourth-order valence-electron chi connectivity index (χ4n) is 1.90. The van der Waals surface area contributed by atoms with E-state index in [0.717, 1.165) is 19.4 Å². The largest absolute Gasteiger partial charge is 0.378 e. The lowest BCUT2D eigenvalue weighted by Gasteiger charge is -2.09. The molecule has 0 bridgehead atoms. The summed E-state index contributed by atoms with van der Waals surface area (Å²) in [5.41, 5.74) is 0. The summed E-state index contributed by atoms with van der Waals surface area (Å²) < 4.78 is 29.3. The zero-order valence-corrected chi connectivity index (χ0v) is 9.95. The van der Waals surface area contributed by atoms with Crippen LogP contribution in [0, 0.1) is 0 Å². The van der Waals surface area contributed by atoms with Crippen molar-refractivity contribution in [1.29, 1.82) is 0 Å². The molecule has 1 aliphatic rings. The van der Waals surface area contributed by atoms with Gasteiger partial charge in [0.25, 0.3) is 0 Å². The van der Waals surface area contributed by atoms with Gasteiger partial charge in [-0.05, 0) is 31.4 Å². The lowest BCUT2D eigenvalue weighted by atomic mass is 10.2. The Morgan fingerprint density at radius 2 is 2.00 bits per heavy atom. The zero-order valence-electron chi connectivity index (χ0n) is 9.13. The first kappa shape index (κ1) is 11.6. The Hall–Kier alpha value is -0.870. The van der Waals surface area contributed by atoms with Crippen LogP contribution in [0.15, 0.2) is 35.2 Å². The second-order valence-electron chi connectivity index (χ2n) is 4.06. The summed E-state index contributed by atoms with van der Waals surface area (Å²) >= 11 is 0. The van der Waals surface area contributed by atoms with Crippen LogP contribution in [0.2, 0.25) is 0 Å². The van der Waals surface area contributed by atoms with Gasteiger partial charge >= 0.3 is 0 Å².